The Morgan fingerprint density at radius 3 is 1.05 bits per heavy atom. The summed E-state index contributed by atoms with van der Waals surface area (Å²) < 4.78 is 80.3. The first-order chi connectivity index (χ1) is 37.7. The number of fused-ring (bicyclic) bond motifs is 1. The standard InChI is InChI=1S/C20H30O6.2C20H32O6/c1-2-20(21)17-16(24-19(26-17)11-7-4-8-12-19)15(25-20)14-13-22-18(23-14)9-5-3-6-10-18;2*1-2-14(21)17-18(26-20(25-17)11-7-4-8-12-20)16(22)15-13-23-19(24-15)9-5-3-6-10-19/h2,14-17,21H,1,3-13H2;2*2,14-18,21-22H,1,3-13H2/t14?,15-,16?,17+,20?;14-,15?,16+,17+,18?;14-,15?,16-,17-,18?/m010/s1. The largest absolute Gasteiger partial charge is 0.387 e. The summed E-state index contributed by atoms with van der Waals surface area (Å²) in [5, 5.41) is 53.8. The Kier molecular flexibility index (Phi) is 18.1. The first-order valence-corrected chi connectivity index (χ1v) is 30.7. The Balaban J connectivity index is 0.000000124. The van der Waals surface area contributed by atoms with Crippen LogP contribution in [0.1, 0.15) is 193 Å². The predicted octanol–water partition coefficient (Wildman–Crippen LogP) is 7.61. The Morgan fingerprint density at radius 2 is 0.679 bits per heavy atom. The molecule has 7 saturated heterocycles. The first-order valence-electron chi connectivity index (χ1n) is 30.7. The van der Waals surface area contributed by atoms with Crippen LogP contribution < -0.4 is 0 Å². The summed E-state index contributed by atoms with van der Waals surface area (Å²) in [4.78, 5) is 0. The smallest absolute Gasteiger partial charge is 0.215 e. The molecule has 0 bridgehead atoms. The molecule has 6 saturated carbocycles. The molecular weight excluding hydrogens is 1010 g/mol. The lowest BCUT2D eigenvalue weighted by molar-refractivity contribution is -0.283. The van der Waals surface area contributed by atoms with Gasteiger partial charge < -0.3 is 87.1 Å². The summed E-state index contributed by atoms with van der Waals surface area (Å²) in [5.41, 5.74) is 0. The van der Waals surface area contributed by atoms with E-state index in [-0.39, 0.29) is 12.2 Å². The van der Waals surface area contributed by atoms with Gasteiger partial charge in [0.1, 0.15) is 85.5 Å². The zero-order valence-corrected chi connectivity index (χ0v) is 46.3. The summed E-state index contributed by atoms with van der Waals surface area (Å²) in [5.74, 6) is -5.08. The van der Waals surface area contributed by atoms with Gasteiger partial charge in [-0.1, -0.05) is 57.3 Å². The molecule has 0 radical (unpaired) electrons. The molecular formula is C60H94O18. The monoisotopic (exact) mass is 1100 g/mol. The molecule has 13 aliphatic rings. The summed E-state index contributed by atoms with van der Waals surface area (Å²) in [7, 11) is 0. The van der Waals surface area contributed by atoms with Gasteiger partial charge in [0.2, 0.25) is 5.79 Å². The van der Waals surface area contributed by atoms with E-state index in [1.165, 1.54) is 56.8 Å². The molecule has 7 unspecified atom stereocenters. The fraction of sp³-hybridized carbons (Fsp3) is 0.900. The topological polar surface area (TPSA) is 221 Å². The van der Waals surface area contributed by atoms with Crippen LogP contribution in [0.15, 0.2) is 38.0 Å². The van der Waals surface area contributed by atoms with Crippen molar-refractivity contribution >= 4 is 0 Å². The highest BCUT2D eigenvalue weighted by Gasteiger charge is 2.67. The quantitative estimate of drug-likeness (QED) is 0.133. The van der Waals surface area contributed by atoms with Crippen molar-refractivity contribution in [1.82, 2.24) is 0 Å². The van der Waals surface area contributed by atoms with Crippen LogP contribution in [-0.2, 0) is 61.6 Å². The van der Waals surface area contributed by atoms with Crippen molar-refractivity contribution in [2.75, 3.05) is 19.8 Å². The molecule has 5 N–H and O–H groups in total. The van der Waals surface area contributed by atoms with Gasteiger partial charge in [-0.25, -0.2) is 0 Å². The van der Waals surface area contributed by atoms with E-state index in [0.29, 0.717) is 19.8 Å². The summed E-state index contributed by atoms with van der Waals surface area (Å²) >= 11 is 0. The molecule has 0 aromatic rings. The van der Waals surface area contributed by atoms with Crippen LogP contribution >= 0.6 is 0 Å². The molecule has 0 amide bonds. The second-order valence-electron chi connectivity index (χ2n) is 25.2. The maximum Gasteiger partial charge on any atom is 0.215 e. The van der Waals surface area contributed by atoms with Crippen molar-refractivity contribution in [2.24, 2.45) is 0 Å². The van der Waals surface area contributed by atoms with Gasteiger partial charge in [-0.3, -0.25) is 0 Å². The van der Waals surface area contributed by atoms with Crippen LogP contribution in [0.5, 0.6) is 0 Å². The third kappa shape index (κ3) is 12.0. The SMILES string of the molecule is C=CC1(O)O[C@@H](C2COC3(CCCCC3)O2)C2OC3(CCCCC3)O[C@H]21.C=C[C@@H](O)[C@@H]1OC2(CCCCC2)OC1[C@@H](O)C1COC2(CCCCC2)O1.C=C[C@H](O)[C@@H]1OC2(CCCCC2)OC1[C@@H](O)C1COC2(CCCCC2)O1. The Hall–Kier alpha value is -1.50. The Labute approximate surface area is 462 Å². The average Bonchev–Trinajstić information content (AvgIpc) is 4.56. The van der Waals surface area contributed by atoms with Gasteiger partial charge in [0, 0.05) is 77.0 Å². The van der Waals surface area contributed by atoms with Gasteiger partial charge in [0.25, 0.3) is 0 Å². The molecule has 15 atom stereocenters. The van der Waals surface area contributed by atoms with Gasteiger partial charge in [0.05, 0.1) is 19.8 Å². The maximum atomic E-state index is 11.0. The summed E-state index contributed by atoms with van der Waals surface area (Å²) in [6, 6.07) is 0. The average molecular weight is 1100 g/mol. The number of hydrogen-bond donors (Lipinski definition) is 5. The van der Waals surface area contributed by atoms with Gasteiger partial charge in [-0.15, -0.1) is 13.2 Å². The number of ether oxygens (including phenoxy) is 13. The minimum Gasteiger partial charge on any atom is -0.387 e. The lowest BCUT2D eigenvalue weighted by Crippen LogP contribution is -2.48. The van der Waals surface area contributed by atoms with Crippen LogP contribution in [0.25, 0.3) is 0 Å². The van der Waals surface area contributed by atoms with Gasteiger partial charge in [-0.2, -0.15) is 0 Å². The molecule has 442 valence electrons. The molecule has 0 aromatic carbocycles. The van der Waals surface area contributed by atoms with Crippen molar-refractivity contribution in [3.63, 3.8) is 0 Å². The van der Waals surface area contributed by atoms with Gasteiger partial charge in [-0.05, 0) is 83.1 Å². The molecule has 18 heteroatoms. The van der Waals surface area contributed by atoms with E-state index in [9.17, 15) is 25.5 Å². The van der Waals surface area contributed by atoms with Gasteiger partial charge in [0.15, 0.2) is 34.7 Å². The molecule has 13 rings (SSSR count). The summed E-state index contributed by atoms with van der Waals surface area (Å²) in [6.07, 6.45) is 26.1. The van der Waals surface area contributed by atoms with E-state index >= 15 is 0 Å². The number of hydrogen-bond acceptors (Lipinski definition) is 18. The van der Waals surface area contributed by atoms with E-state index in [1.807, 2.05) is 0 Å². The zero-order valence-electron chi connectivity index (χ0n) is 46.3. The molecule has 18 nitrogen and oxygen atoms in total. The van der Waals surface area contributed by atoms with E-state index in [0.717, 1.165) is 154 Å². The Bertz CT molecular complexity index is 1870. The summed E-state index contributed by atoms with van der Waals surface area (Å²) in [6.45, 7) is 12.3. The van der Waals surface area contributed by atoms with Crippen LogP contribution in [0, 0.1) is 0 Å². The van der Waals surface area contributed by atoms with Crippen LogP contribution in [-0.4, -0.2) is 171 Å². The highest BCUT2D eigenvalue weighted by atomic mass is 16.8. The second-order valence-corrected chi connectivity index (χ2v) is 25.2. The van der Waals surface area contributed by atoms with Crippen molar-refractivity contribution < 1.29 is 87.1 Å². The van der Waals surface area contributed by atoms with E-state index in [4.69, 9.17) is 61.6 Å². The van der Waals surface area contributed by atoms with Crippen LogP contribution in [0.4, 0.5) is 0 Å². The molecule has 6 aliphatic carbocycles. The molecule has 13 fully saturated rings. The number of aliphatic hydroxyl groups excluding tert-OH is 4. The minimum absolute atomic E-state index is 0.253. The van der Waals surface area contributed by atoms with E-state index in [2.05, 4.69) is 19.7 Å². The molecule has 7 aliphatic heterocycles. The maximum absolute atomic E-state index is 11.0. The van der Waals surface area contributed by atoms with Crippen LogP contribution in [0.2, 0.25) is 0 Å². The fourth-order valence-corrected chi connectivity index (χ4v) is 15.3. The zero-order chi connectivity index (χ0) is 54.2. The third-order valence-corrected chi connectivity index (χ3v) is 19.7. The molecule has 7 heterocycles. The first kappa shape index (κ1) is 58.3. The van der Waals surface area contributed by atoms with Crippen molar-refractivity contribution in [3.05, 3.63) is 38.0 Å². The second kappa shape index (κ2) is 24.2. The minimum atomic E-state index is -1.54. The predicted molar refractivity (Wildman–Crippen MR) is 281 cm³/mol. The van der Waals surface area contributed by atoms with Gasteiger partial charge >= 0.3 is 0 Å². The van der Waals surface area contributed by atoms with Crippen LogP contribution in [0.3, 0.4) is 0 Å². The van der Waals surface area contributed by atoms with Crippen molar-refractivity contribution in [2.45, 2.75) is 319 Å². The number of rotatable bonds is 10. The molecule has 0 aromatic heterocycles. The number of aliphatic hydroxyl groups is 5. The normalized spacial score (nSPS) is 41.2. The van der Waals surface area contributed by atoms with Crippen molar-refractivity contribution in [1.29, 1.82) is 0 Å². The Morgan fingerprint density at radius 1 is 0.346 bits per heavy atom. The molecule has 6 spiro atoms. The van der Waals surface area contributed by atoms with E-state index < -0.39 is 114 Å². The van der Waals surface area contributed by atoms with Crippen molar-refractivity contribution in [3.8, 4) is 0 Å². The third-order valence-electron chi connectivity index (χ3n) is 19.7. The lowest BCUT2D eigenvalue weighted by Gasteiger charge is -2.36. The highest BCUT2D eigenvalue weighted by molar-refractivity contribution is 5.13. The van der Waals surface area contributed by atoms with E-state index in [1.54, 1.807) is 0 Å². The fourth-order valence-electron chi connectivity index (χ4n) is 15.3. The molecule has 78 heavy (non-hydrogen) atoms. The lowest BCUT2D eigenvalue weighted by atomic mass is 9.94. The highest BCUT2D eigenvalue weighted by Crippen LogP contribution is 2.52.